The molecule has 1 aliphatic carbocycles. The zero-order valence-electron chi connectivity index (χ0n) is 10.9. The Morgan fingerprint density at radius 1 is 1.16 bits per heavy atom. The first-order chi connectivity index (χ1) is 9.33. The van der Waals surface area contributed by atoms with Crippen molar-refractivity contribution >= 4 is 0 Å². The first-order valence-corrected chi connectivity index (χ1v) is 6.57. The Hall–Kier alpha value is -2.04. The largest absolute Gasteiger partial charge is 0.492 e. The Balaban J connectivity index is 1.75. The summed E-state index contributed by atoms with van der Waals surface area (Å²) in [4.78, 5) is 2.33. The van der Waals surface area contributed by atoms with E-state index in [4.69, 9.17) is 15.3 Å². The molecular formula is C15H17N3O. The Morgan fingerprint density at radius 3 is 2.47 bits per heavy atom. The fourth-order valence-electron chi connectivity index (χ4n) is 2.02. The van der Waals surface area contributed by atoms with Crippen LogP contribution in [-0.2, 0) is 0 Å². The van der Waals surface area contributed by atoms with E-state index in [1.807, 2.05) is 12.1 Å². The third-order valence-corrected chi connectivity index (χ3v) is 3.20. The smallest absolute Gasteiger partial charge is 0.119 e. The Kier molecular flexibility index (Phi) is 4.78. The van der Waals surface area contributed by atoms with E-state index in [-0.39, 0.29) is 0 Å². The third-order valence-electron chi connectivity index (χ3n) is 3.20. The Bertz CT molecular complexity index is 480. The fraction of sp³-hybridized carbons (Fsp3) is 0.467. The van der Waals surface area contributed by atoms with Crippen LogP contribution in [0.1, 0.15) is 24.8 Å². The highest BCUT2D eigenvalue weighted by molar-refractivity contribution is 5.34. The van der Waals surface area contributed by atoms with Gasteiger partial charge in [-0.3, -0.25) is 4.90 Å². The van der Waals surface area contributed by atoms with E-state index in [9.17, 15) is 0 Å². The van der Waals surface area contributed by atoms with Crippen molar-refractivity contribution in [2.45, 2.75) is 25.3 Å². The van der Waals surface area contributed by atoms with Gasteiger partial charge in [-0.25, -0.2) is 0 Å². The minimum atomic E-state index is 0.577. The molecule has 2 rings (SSSR count). The van der Waals surface area contributed by atoms with Crippen LogP contribution in [0.4, 0.5) is 0 Å². The maximum absolute atomic E-state index is 8.70. The van der Waals surface area contributed by atoms with Crippen molar-refractivity contribution in [3.05, 3.63) is 29.8 Å². The van der Waals surface area contributed by atoms with Crippen LogP contribution in [-0.4, -0.2) is 30.6 Å². The molecule has 1 aromatic carbocycles. The van der Waals surface area contributed by atoms with E-state index in [0.29, 0.717) is 24.6 Å². The van der Waals surface area contributed by atoms with Crippen molar-refractivity contribution in [2.75, 3.05) is 19.7 Å². The monoisotopic (exact) mass is 255 g/mol. The first-order valence-electron chi connectivity index (χ1n) is 6.57. The lowest BCUT2D eigenvalue weighted by Gasteiger charge is -2.20. The number of rotatable bonds is 7. The van der Waals surface area contributed by atoms with E-state index in [2.05, 4.69) is 17.0 Å². The van der Waals surface area contributed by atoms with E-state index in [1.165, 1.54) is 12.8 Å². The predicted octanol–water partition coefficient (Wildman–Crippen LogP) is 2.32. The lowest BCUT2D eigenvalue weighted by atomic mass is 10.2. The van der Waals surface area contributed by atoms with Crippen LogP contribution in [0.25, 0.3) is 0 Å². The topological polar surface area (TPSA) is 60.1 Å². The van der Waals surface area contributed by atoms with Crippen LogP contribution < -0.4 is 4.74 Å². The molecule has 0 atom stereocenters. The van der Waals surface area contributed by atoms with Gasteiger partial charge in [-0.1, -0.05) is 0 Å². The predicted molar refractivity (Wildman–Crippen MR) is 71.5 cm³/mol. The van der Waals surface area contributed by atoms with Crippen LogP contribution in [0.5, 0.6) is 5.75 Å². The Morgan fingerprint density at radius 2 is 1.89 bits per heavy atom. The second kappa shape index (κ2) is 6.78. The van der Waals surface area contributed by atoms with Gasteiger partial charge in [-0.15, -0.1) is 0 Å². The zero-order valence-corrected chi connectivity index (χ0v) is 10.9. The van der Waals surface area contributed by atoms with Crippen molar-refractivity contribution in [1.82, 2.24) is 4.90 Å². The van der Waals surface area contributed by atoms with Gasteiger partial charge in [0, 0.05) is 25.6 Å². The number of benzene rings is 1. The summed E-state index contributed by atoms with van der Waals surface area (Å²) in [6.45, 7) is 2.30. The fourth-order valence-corrected chi connectivity index (χ4v) is 2.02. The van der Waals surface area contributed by atoms with Crippen LogP contribution in [0.2, 0.25) is 0 Å². The highest BCUT2D eigenvalue weighted by atomic mass is 16.5. The van der Waals surface area contributed by atoms with Crippen molar-refractivity contribution in [1.29, 1.82) is 10.5 Å². The molecule has 1 aliphatic rings. The zero-order chi connectivity index (χ0) is 13.5. The van der Waals surface area contributed by atoms with Gasteiger partial charge >= 0.3 is 0 Å². The third kappa shape index (κ3) is 4.28. The second-order valence-corrected chi connectivity index (χ2v) is 4.66. The van der Waals surface area contributed by atoms with Gasteiger partial charge in [0.15, 0.2) is 0 Å². The molecule has 0 N–H and O–H groups in total. The average molecular weight is 255 g/mol. The van der Waals surface area contributed by atoms with Crippen LogP contribution >= 0.6 is 0 Å². The molecule has 1 aromatic rings. The maximum atomic E-state index is 8.70. The Labute approximate surface area is 113 Å². The molecular weight excluding hydrogens is 238 g/mol. The maximum Gasteiger partial charge on any atom is 0.119 e. The summed E-state index contributed by atoms with van der Waals surface area (Å²) in [5.74, 6) is 0.787. The summed E-state index contributed by atoms with van der Waals surface area (Å²) >= 11 is 0. The van der Waals surface area contributed by atoms with E-state index in [0.717, 1.165) is 18.8 Å². The normalized spacial score (nSPS) is 13.8. The number of ether oxygens (including phenoxy) is 1. The molecule has 0 radical (unpaired) electrons. The molecule has 4 heteroatoms. The van der Waals surface area contributed by atoms with Crippen molar-refractivity contribution in [2.24, 2.45) is 0 Å². The quantitative estimate of drug-likeness (QED) is 0.750. The van der Waals surface area contributed by atoms with Gasteiger partial charge in [0.05, 0.1) is 17.7 Å². The molecule has 0 bridgehead atoms. The summed E-state index contributed by atoms with van der Waals surface area (Å²) in [7, 11) is 0. The van der Waals surface area contributed by atoms with Gasteiger partial charge in [0.25, 0.3) is 0 Å². The van der Waals surface area contributed by atoms with Gasteiger partial charge in [-0.05, 0) is 37.1 Å². The van der Waals surface area contributed by atoms with Gasteiger partial charge in [-0.2, -0.15) is 10.5 Å². The molecule has 0 aromatic heterocycles. The van der Waals surface area contributed by atoms with E-state index >= 15 is 0 Å². The summed E-state index contributed by atoms with van der Waals surface area (Å²) in [6, 6.07) is 12.1. The highest BCUT2D eigenvalue weighted by Gasteiger charge is 2.28. The number of nitriles is 2. The summed E-state index contributed by atoms with van der Waals surface area (Å²) in [6.07, 6.45) is 3.05. The number of hydrogen-bond donors (Lipinski definition) is 0. The van der Waals surface area contributed by atoms with Crippen LogP contribution in [0, 0.1) is 22.7 Å². The van der Waals surface area contributed by atoms with Crippen LogP contribution in [0.15, 0.2) is 24.3 Å². The van der Waals surface area contributed by atoms with Crippen LogP contribution in [0.3, 0.4) is 0 Å². The van der Waals surface area contributed by atoms with E-state index < -0.39 is 0 Å². The minimum Gasteiger partial charge on any atom is -0.492 e. The second-order valence-electron chi connectivity index (χ2n) is 4.66. The SMILES string of the molecule is N#CCCN(CCOc1ccc(C#N)cc1)C1CC1. The molecule has 0 saturated heterocycles. The number of hydrogen-bond acceptors (Lipinski definition) is 4. The molecule has 0 aliphatic heterocycles. The molecule has 0 spiro atoms. The van der Waals surface area contributed by atoms with E-state index in [1.54, 1.807) is 12.1 Å². The van der Waals surface area contributed by atoms with Crippen molar-refractivity contribution in [3.8, 4) is 17.9 Å². The molecule has 19 heavy (non-hydrogen) atoms. The molecule has 1 fully saturated rings. The lowest BCUT2D eigenvalue weighted by Crippen LogP contribution is -2.31. The minimum absolute atomic E-state index is 0.577. The molecule has 0 unspecified atom stereocenters. The lowest BCUT2D eigenvalue weighted by molar-refractivity contribution is 0.204. The summed E-state index contributed by atoms with van der Waals surface area (Å²) in [5, 5.41) is 17.3. The number of nitrogens with zero attached hydrogens (tertiary/aromatic N) is 3. The molecule has 4 nitrogen and oxygen atoms in total. The van der Waals surface area contributed by atoms with Gasteiger partial charge < -0.3 is 4.74 Å². The van der Waals surface area contributed by atoms with Crippen molar-refractivity contribution < 1.29 is 4.74 Å². The molecule has 1 saturated carbocycles. The molecule has 98 valence electrons. The standard InChI is InChI=1S/C15H17N3O/c16-8-1-9-18(14-4-5-14)10-11-19-15-6-2-13(12-17)3-7-15/h2-3,6-7,14H,1,4-5,9-11H2. The van der Waals surface area contributed by atoms with Gasteiger partial charge in [0.1, 0.15) is 12.4 Å². The molecule has 0 amide bonds. The molecule has 0 heterocycles. The summed E-state index contributed by atoms with van der Waals surface area (Å²) in [5.41, 5.74) is 0.640. The first kappa shape index (κ1) is 13.4. The summed E-state index contributed by atoms with van der Waals surface area (Å²) < 4.78 is 5.66. The average Bonchev–Trinajstić information content (AvgIpc) is 3.28. The van der Waals surface area contributed by atoms with Gasteiger partial charge in [0.2, 0.25) is 0 Å². The van der Waals surface area contributed by atoms with Crippen molar-refractivity contribution in [3.63, 3.8) is 0 Å². The highest BCUT2D eigenvalue weighted by Crippen LogP contribution is 2.26.